The molecule has 0 radical (unpaired) electrons. The number of likely N-dealkylation sites (N-methyl/N-ethyl adjacent to an activating group) is 2. The summed E-state index contributed by atoms with van der Waals surface area (Å²) in [5, 5.41) is 20.2. The maximum absolute atomic E-state index is 13.4. The summed E-state index contributed by atoms with van der Waals surface area (Å²) >= 11 is 0. The van der Waals surface area contributed by atoms with Crippen LogP contribution in [0.4, 0.5) is 11.4 Å². The van der Waals surface area contributed by atoms with E-state index >= 15 is 0 Å². The monoisotopic (exact) mass is 912 g/mol. The van der Waals surface area contributed by atoms with Gasteiger partial charge in [0.1, 0.15) is 11.5 Å². The zero-order chi connectivity index (χ0) is 46.9. The Morgan fingerprint density at radius 2 is 1.21 bits per heavy atom. The molecule has 0 bridgehead atoms. The van der Waals surface area contributed by atoms with Gasteiger partial charge in [0.25, 0.3) is 11.6 Å². The molecule has 68 heavy (non-hydrogen) atoms. The van der Waals surface area contributed by atoms with E-state index in [2.05, 4.69) is 49.5 Å². The van der Waals surface area contributed by atoms with E-state index in [1.165, 1.54) is 0 Å². The molecule has 2 aromatic heterocycles. The topological polar surface area (TPSA) is 148 Å². The molecular weight excluding hydrogens is 861 g/mol. The summed E-state index contributed by atoms with van der Waals surface area (Å²) < 4.78 is 15.3. The quantitative estimate of drug-likeness (QED) is 0.178. The Morgan fingerprint density at radius 1 is 0.676 bits per heavy atom. The Labute approximate surface area is 394 Å². The Bertz CT molecular complexity index is 3120. The number of amidine groups is 2. The lowest BCUT2D eigenvalue weighted by Gasteiger charge is -2.39. The number of imidazole rings is 2. The SMILES string of the molecule is COc1cc(/C=C2\CCCN3C2=NOC32C(=O)N(C)c3ccccc32)ccc1-n1cnc(C)c1.COc1cc(/C=C2\CCCN3C2=NOC32c3ccccc3N(C)C2O)ccc1-n1cnc(C)c1. The molecule has 2 fully saturated rings. The van der Waals surface area contributed by atoms with Gasteiger partial charge in [-0.05, 0) is 110 Å². The third-order valence-corrected chi connectivity index (χ3v) is 13.7. The summed E-state index contributed by atoms with van der Waals surface area (Å²) in [6.07, 6.45) is 14.5. The van der Waals surface area contributed by atoms with Crippen LogP contribution < -0.4 is 19.3 Å². The first kappa shape index (κ1) is 42.8. The highest BCUT2D eigenvalue weighted by atomic mass is 16.7. The number of rotatable bonds is 6. The summed E-state index contributed by atoms with van der Waals surface area (Å²) in [6, 6.07) is 27.9. The third-order valence-electron chi connectivity index (χ3n) is 13.7. The lowest BCUT2D eigenvalue weighted by Crippen LogP contribution is -2.56. The molecule has 6 aromatic rings. The predicted octanol–water partition coefficient (Wildman–Crippen LogP) is 7.48. The van der Waals surface area contributed by atoms with Crippen LogP contribution in [0.15, 0.2) is 131 Å². The van der Waals surface area contributed by atoms with E-state index in [0.29, 0.717) is 6.54 Å². The van der Waals surface area contributed by atoms with Crippen LogP contribution in [0.25, 0.3) is 23.5 Å². The van der Waals surface area contributed by atoms with Crippen molar-refractivity contribution in [2.45, 2.75) is 57.2 Å². The fourth-order valence-electron chi connectivity index (χ4n) is 10.4. The number of aliphatic hydroxyl groups excluding tert-OH is 1. The van der Waals surface area contributed by atoms with Gasteiger partial charge < -0.3 is 53.0 Å². The molecule has 8 heterocycles. The first-order valence-electron chi connectivity index (χ1n) is 22.8. The molecule has 2 spiro atoms. The Morgan fingerprint density at radius 3 is 1.78 bits per heavy atom. The lowest BCUT2D eigenvalue weighted by atomic mass is 9.94. The van der Waals surface area contributed by atoms with Crippen LogP contribution in [0.5, 0.6) is 11.5 Å². The first-order chi connectivity index (χ1) is 33.0. The number of piperidine rings is 2. The number of aromatic nitrogens is 4. The Kier molecular flexibility index (Phi) is 10.4. The second kappa shape index (κ2) is 16.5. The third kappa shape index (κ3) is 6.56. The van der Waals surface area contributed by atoms with E-state index in [-0.39, 0.29) is 5.91 Å². The number of carbonyl (C=O) groups excluding carboxylic acids is 1. The van der Waals surface area contributed by atoms with Crippen LogP contribution in [0.1, 0.15) is 59.3 Å². The van der Waals surface area contributed by atoms with E-state index in [4.69, 9.17) is 19.1 Å². The zero-order valence-electron chi connectivity index (χ0n) is 38.8. The van der Waals surface area contributed by atoms with Crippen molar-refractivity contribution < 1.29 is 29.0 Å². The van der Waals surface area contributed by atoms with Gasteiger partial charge in [-0.25, -0.2) is 9.97 Å². The number of ether oxygens (including phenoxy) is 2. The van der Waals surface area contributed by atoms with Gasteiger partial charge in [0.15, 0.2) is 17.9 Å². The van der Waals surface area contributed by atoms with Gasteiger partial charge in [-0.3, -0.25) is 4.79 Å². The molecule has 6 aliphatic rings. The normalized spacial score (nSPS) is 23.2. The summed E-state index contributed by atoms with van der Waals surface area (Å²) in [4.78, 5) is 41.8. The molecule has 16 heteroatoms. The molecule has 1 amide bonds. The molecule has 2 saturated heterocycles. The highest BCUT2D eigenvalue weighted by Gasteiger charge is 2.62. The molecule has 0 aliphatic carbocycles. The highest BCUT2D eigenvalue weighted by molar-refractivity contribution is 6.12. The lowest BCUT2D eigenvalue weighted by molar-refractivity contribution is -0.169. The molecule has 16 nitrogen and oxygen atoms in total. The number of amides is 1. The first-order valence-corrected chi connectivity index (χ1v) is 22.8. The van der Waals surface area contributed by atoms with Gasteiger partial charge in [0.05, 0.1) is 60.9 Å². The number of oxime groups is 2. The number of fused-ring (bicyclic) bond motifs is 8. The molecule has 0 saturated carbocycles. The van der Waals surface area contributed by atoms with Gasteiger partial charge in [-0.2, -0.15) is 0 Å². The standard InChI is InChI=1S/C26H27N5O3.C26H25N5O3/c2*1-17-15-30(16-27-17)22-11-10-18(14-23(22)33-3)13-19-7-6-12-31-24(19)28-34-26(31)20-8-4-5-9-21(20)29(2)25(26)32/h4-5,8-11,13-16,25,32H,6-7,12H2,1-3H3;4-5,8-11,13-16H,6-7,12H2,1-3H3/b2*19-13+. The molecule has 12 rings (SSSR count). The maximum Gasteiger partial charge on any atom is 0.318 e. The van der Waals surface area contributed by atoms with Gasteiger partial charge in [-0.15, -0.1) is 0 Å². The van der Waals surface area contributed by atoms with Crippen LogP contribution >= 0.6 is 0 Å². The number of para-hydroxylation sites is 2. The van der Waals surface area contributed by atoms with Crippen molar-refractivity contribution in [2.24, 2.45) is 10.3 Å². The maximum atomic E-state index is 13.4. The second-order valence-electron chi connectivity index (χ2n) is 17.8. The van der Waals surface area contributed by atoms with Crippen LogP contribution in [-0.2, 0) is 25.9 Å². The average Bonchev–Trinajstić information content (AvgIpc) is 4.23. The molecule has 346 valence electrons. The zero-order valence-corrected chi connectivity index (χ0v) is 38.8. The second-order valence-corrected chi connectivity index (χ2v) is 17.8. The molecule has 4 aromatic carbocycles. The van der Waals surface area contributed by atoms with Crippen molar-refractivity contribution in [3.8, 4) is 22.9 Å². The van der Waals surface area contributed by atoms with Crippen molar-refractivity contribution in [1.82, 2.24) is 28.9 Å². The summed E-state index contributed by atoms with van der Waals surface area (Å²) in [7, 11) is 7.01. The number of carbonyl (C=O) groups is 1. The van der Waals surface area contributed by atoms with Gasteiger partial charge >= 0.3 is 5.72 Å². The fourth-order valence-corrected chi connectivity index (χ4v) is 10.4. The predicted molar refractivity (Wildman–Crippen MR) is 259 cm³/mol. The number of hydrogen-bond donors (Lipinski definition) is 1. The van der Waals surface area contributed by atoms with Crippen LogP contribution in [0.3, 0.4) is 0 Å². The number of aryl methyl sites for hydroxylation is 2. The van der Waals surface area contributed by atoms with E-state index in [9.17, 15) is 9.90 Å². The number of anilines is 2. The van der Waals surface area contributed by atoms with E-state index in [1.54, 1.807) is 38.8 Å². The summed E-state index contributed by atoms with van der Waals surface area (Å²) in [6.45, 7) is 5.38. The van der Waals surface area contributed by atoms with Crippen molar-refractivity contribution >= 4 is 41.1 Å². The average molecular weight is 913 g/mol. The van der Waals surface area contributed by atoms with Crippen LogP contribution in [-0.4, -0.2) is 99.2 Å². The van der Waals surface area contributed by atoms with E-state index in [0.717, 1.165) is 123 Å². The number of nitrogens with zero attached hydrogens (tertiary/aromatic N) is 10. The van der Waals surface area contributed by atoms with Crippen LogP contribution in [0, 0.1) is 13.8 Å². The highest BCUT2D eigenvalue weighted by Crippen LogP contribution is 2.52. The molecule has 6 aliphatic heterocycles. The minimum absolute atomic E-state index is 0.115. The van der Waals surface area contributed by atoms with Crippen LogP contribution in [0.2, 0.25) is 0 Å². The van der Waals surface area contributed by atoms with Gasteiger partial charge in [0.2, 0.25) is 0 Å². The van der Waals surface area contributed by atoms with Crippen molar-refractivity contribution in [2.75, 3.05) is 51.2 Å². The van der Waals surface area contributed by atoms with Gasteiger partial charge in [-0.1, -0.05) is 58.8 Å². The van der Waals surface area contributed by atoms with Crippen molar-refractivity contribution in [3.05, 3.63) is 155 Å². The Hall–Kier alpha value is -7.85. The molecule has 1 N–H and O–H groups in total. The number of hydrogen-bond acceptors (Lipinski definition) is 13. The number of aliphatic hydroxyl groups is 1. The van der Waals surface area contributed by atoms with Gasteiger partial charge in [0, 0.05) is 50.8 Å². The van der Waals surface area contributed by atoms with E-state index < -0.39 is 17.7 Å². The largest absolute Gasteiger partial charge is 0.495 e. The summed E-state index contributed by atoms with van der Waals surface area (Å²) in [5.74, 6) is 2.90. The minimum Gasteiger partial charge on any atom is -0.495 e. The fraction of sp³-hybridized carbons (Fsp3) is 0.288. The van der Waals surface area contributed by atoms with Crippen molar-refractivity contribution in [1.29, 1.82) is 0 Å². The molecule has 3 atom stereocenters. The number of benzene rings is 4. The molecule has 3 unspecified atom stereocenters. The smallest absolute Gasteiger partial charge is 0.318 e. The molecular formula is C52H52N10O6. The van der Waals surface area contributed by atoms with Crippen molar-refractivity contribution in [3.63, 3.8) is 0 Å². The summed E-state index contributed by atoms with van der Waals surface area (Å²) in [5.41, 5.74) is 9.22. The Balaban J connectivity index is 0.000000149. The number of methoxy groups -OCH3 is 2. The minimum atomic E-state index is -1.22. The van der Waals surface area contributed by atoms with E-state index in [1.807, 2.05) is 125 Å².